The van der Waals surface area contributed by atoms with Crippen LogP contribution in [0.15, 0.2) is 54.6 Å². The Balaban J connectivity index is 1.94. The van der Waals surface area contributed by atoms with Gasteiger partial charge in [-0.2, -0.15) is 0 Å². The lowest BCUT2D eigenvalue weighted by molar-refractivity contribution is 0.0992. The molecule has 0 bridgehead atoms. The summed E-state index contributed by atoms with van der Waals surface area (Å²) in [6.07, 6.45) is 2.00. The van der Waals surface area contributed by atoms with Crippen LogP contribution < -0.4 is 11.5 Å². The number of aromatic nitrogens is 1. The number of hydrogen-bond donors (Lipinski definition) is 2. The summed E-state index contributed by atoms with van der Waals surface area (Å²) in [5, 5.41) is 1.72. The Hall–Kier alpha value is -3.60. The Bertz CT molecular complexity index is 1240. The number of fused-ring (bicyclic) bond motifs is 3. The average molecular weight is 384 g/mol. The van der Waals surface area contributed by atoms with Gasteiger partial charge in [-0.25, -0.2) is 0 Å². The number of nitrogens with two attached hydrogens (primary N) is 2. The van der Waals surface area contributed by atoms with Gasteiger partial charge in [0.05, 0.1) is 11.0 Å². The molecule has 4 rings (SSSR count). The van der Waals surface area contributed by atoms with Crippen LogP contribution in [0, 0.1) is 6.07 Å². The lowest BCUT2D eigenvalue weighted by Gasteiger charge is -2.09. The molecule has 3 aromatic carbocycles. The topological polar surface area (TPSA) is 91.1 Å². The predicted molar refractivity (Wildman–Crippen MR) is 115 cm³/mol. The Morgan fingerprint density at radius 3 is 2.38 bits per heavy atom. The molecular formula is C24H22N3O2. The van der Waals surface area contributed by atoms with Crippen molar-refractivity contribution >= 4 is 33.6 Å². The van der Waals surface area contributed by atoms with Gasteiger partial charge in [0.15, 0.2) is 0 Å². The van der Waals surface area contributed by atoms with E-state index in [0.717, 1.165) is 40.2 Å². The highest BCUT2D eigenvalue weighted by Gasteiger charge is 2.17. The lowest BCUT2D eigenvalue weighted by Crippen LogP contribution is -2.11. The van der Waals surface area contributed by atoms with Gasteiger partial charge < -0.3 is 16.0 Å². The van der Waals surface area contributed by atoms with Gasteiger partial charge in [-0.3, -0.25) is 9.59 Å². The summed E-state index contributed by atoms with van der Waals surface area (Å²) in [7, 11) is 0. The van der Waals surface area contributed by atoms with Gasteiger partial charge in [0.1, 0.15) is 0 Å². The number of rotatable bonds is 6. The second-order valence-corrected chi connectivity index (χ2v) is 7.23. The first-order valence-electron chi connectivity index (χ1n) is 9.63. The number of nitrogens with zero attached hydrogens (tertiary/aromatic N) is 1. The molecule has 0 fully saturated rings. The summed E-state index contributed by atoms with van der Waals surface area (Å²) in [6.45, 7) is 2.73. The van der Waals surface area contributed by atoms with Crippen molar-refractivity contribution in [3.8, 4) is 0 Å². The highest BCUT2D eigenvalue weighted by molar-refractivity contribution is 6.17. The number of carbonyl (C=O) groups excluding carboxylic acids is 2. The van der Waals surface area contributed by atoms with Crippen molar-refractivity contribution in [1.29, 1.82) is 0 Å². The average Bonchev–Trinajstić information content (AvgIpc) is 3.02. The van der Waals surface area contributed by atoms with Crippen LogP contribution in [0.4, 0.5) is 0 Å². The first kappa shape index (κ1) is 18.7. The normalized spacial score (nSPS) is 11.2. The molecule has 0 unspecified atom stereocenters. The highest BCUT2D eigenvalue weighted by atomic mass is 16.1. The molecule has 29 heavy (non-hydrogen) atoms. The van der Waals surface area contributed by atoms with E-state index < -0.39 is 11.8 Å². The number of carbonyl (C=O) groups is 2. The second-order valence-electron chi connectivity index (χ2n) is 7.23. The van der Waals surface area contributed by atoms with E-state index in [0.29, 0.717) is 17.7 Å². The highest BCUT2D eigenvalue weighted by Crippen LogP contribution is 2.33. The van der Waals surface area contributed by atoms with Gasteiger partial charge >= 0.3 is 0 Å². The summed E-state index contributed by atoms with van der Waals surface area (Å²) in [5.74, 6) is -0.898. The number of aryl methyl sites for hydroxylation is 1. The monoisotopic (exact) mass is 384 g/mol. The molecule has 5 nitrogen and oxygen atoms in total. The zero-order valence-corrected chi connectivity index (χ0v) is 16.2. The van der Waals surface area contributed by atoms with E-state index >= 15 is 0 Å². The third-order valence-corrected chi connectivity index (χ3v) is 5.24. The van der Waals surface area contributed by atoms with E-state index in [-0.39, 0.29) is 0 Å². The molecular weight excluding hydrogens is 362 g/mol. The van der Waals surface area contributed by atoms with Crippen LogP contribution in [0.3, 0.4) is 0 Å². The van der Waals surface area contributed by atoms with E-state index in [1.54, 1.807) is 18.2 Å². The van der Waals surface area contributed by atoms with Crippen LogP contribution in [0.1, 0.15) is 45.2 Å². The molecule has 4 aromatic rings. The molecule has 0 saturated carbocycles. The molecule has 0 saturated heterocycles. The van der Waals surface area contributed by atoms with Crippen LogP contribution in [0.5, 0.6) is 0 Å². The number of primary amides is 2. The SMILES string of the molecule is CCCc1c[c]c2c3c(C(N)=O)cccc3n(Cc3ccc(C(N)=O)cc3)c2c1. The second kappa shape index (κ2) is 7.43. The van der Waals surface area contributed by atoms with Crippen molar-refractivity contribution < 1.29 is 9.59 Å². The molecule has 0 aliphatic heterocycles. The van der Waals surface area contributed by atoms with Gasteiger partial charge in [-0.05, 0) is 53.9 Å². The number of amides is 2. The fourth-order valence-electron chi connectivity index (χ4n) is 3.86. The minimum atomic E-state index is -0.452. The molecule has 0 spiro atoms. The van der Waals surface area contributed by atoms with E-state index in [4.69, 9.17) is 11.5 Å². The van der Waals surface area contributed by atoms with Crippen LogP contribution in [0.25, 0.3) is 21.8 Å². The Labute approximate surface area is 168 Å². The number of benzene rings is 3. The van der Waals surface area contributed by atoms with Crippen molar-refractivity contribution in [2.45, 2.75) is 26.3 Å². The molecule has 0 aliphatic rings. The molecule has 2 amide bonds. The van der Waals surface area contributed by atoms with Crippen LogP contribution >= 0.6 is 0 Å². The fourth-order valence-corrected chi connectivity index (χ4v) is 3.86. The van der Waals surface area contributed by atoms with Crippen LogP contribution in [-0.4, -0.2) is 16.4 Å². The van der Waals surface area contributed by atoms with Crippen molar-refractivity contribution in [1.82, 2.24) is 4.57 Å². The molecule has 1 aromatic heterocycles. The zero-order chi connectivity index (χ0) is 20.5. The predicted octanol–water partition coefficient (Wildman–Crippen LogP) is 3.79. The molecule has 0 aliphatic carbocycles. The molecule has 1 heterocycles. The summed E-state index contributed by atoms with van der Waals surface area (Å²) in [4.78, 5) is 23.4. The molecule has 4 N–H and O–H groups in total. The minimum absolute atomic E-state index is 0.446. The Kier molecular flexibility index (Phi) is 4.80. The van der Waals surface area contributed by atoms with Crippen LogP contribution in [0.2, 0.25) is 0 Å². The standard InChI is InChI=1S/C24H22N3O2/c1-2-4-15-9-12-18-21(13-15)27(14-16-7-10-17(11-8-16)23(25)28)20-6-3-5-19(22(18)20)24(26)29/h3,5-11,13H,2,4,14H2,1H3,(H2,25,28)(H2,26,29). The van der Waals surface area contributed by atoms with E-state index in [2.05, 4.69) is 23.6 Å². The maximum atomic E-state index is 12.1. The Morgan fingerprint density at radius 2 is 1.72 bits per heavy atom. The summed E-state index contributed by atoms with van der Waals surface area (Å²) >= 11 is 0. The van der Waals surface area contributed by atoms with Crippen molar-refractivity contribution in [3.05, 3.63) is 82.9 Å². The van der Waals surface area contributed by atoms with Crippen molar-refractivity contribution in [2.24, 2.45) is 11.5 Å². The smallest absolute Gasteiger partial charge is 0.249 e. The van der Waals surface area contributed by atoms with Crippen molar-refractivity contribution in [2.75, 3.05) is 0 Å². The maximum absolute atomic E-state index is 12.1. The van der Waals surface area contributed by atoms with E-state index in [1.165, 1.54) is 5.56 Å². The minimum Gasteiger partial charge on any atom is -0.366 e. The molecule has 1 radical (unpaired) electrons. The maximum Gasteiger partial charge on any atom is 0.249 e. The molecule has 5 heteroatoms. The molecule has 145 valence electrons. The summed E-state index contributed by atoms with van der Waals surface area (Å²) in [6, 6.07) is 20.4. The van der Waals surface area contributed by atoms with Crippen molar-refractivity contribution in [3.63, 3.8) is 0 Å². The lowest BCUT2D eigenvalue weighted by atomic mass is 10.0. The summed E-state index contributed by atoms with van der Waals surface area (Å²) in [5.41, 5.74) is 16.1. The van der Waals surface area contributed by atoms with Crippen LogP contribution in [-0.2, 0) is 13.0 Å². The van der Waals surface area contributed by atoms with Gasteiger partial charge in [0.2, 0.25) is 11.8 Å². The van der Waals surface area contributed by atoms with Gasteiger partial charge in [-0.15, -0.1) is 0 Å². The van der Waals surface area contributed by atoms with Gasteiger partial charge in [-0.1, -0.05) is 37.6 Å². The first-order valence-corrected chi connectivity index (χ1v) is 9.63. The fraction of sp³-hybridized carbons (Fsp3) is 0.167. The molecule has 0 atom stereocenters. The van der Waals surface area contributed by atoms with E-state index in [1.807, 2.05) is 30.3 Å². The van der Waals surface area contributed by atoms with Gasteiger partial charge in [0, 0.05) is 28.4 Å². The Morgan fingerprint density at radius 1 is 0.966 bits per heavy atom. The third kappa shape index (κ3) is 3.36. The third-order valence-electron chi connectivity index (χ3n) is 5.24. The zero-order valence-electron chi connectivity index (χ0n) is 16.2. The summed E-state index contributed by atoms with van der Waals surface area (Å²) < 4.78 is 2.17. The quantitative estimate of drug-likeness (QED) is 0.529. The largest absolute Gasteiger partial charge is 0.366 e. The van der Waals surface area contributed by atoms with E-state index in [9.17, 15) is 9.59 Å². The van der Waals surface area contributed by atoms with Gasteiger partial charge in [0.25, 0.3) is 0 Å². The first-order chi connectivity index (χ1) is 14.0. The number of hydrogen-bond acceptors (Lipinski definition) is 2.